The highest BCUT2D eigenvalue weighted by Crippen LogP contribution is 2.16. The Labute approximate surface area is 103 Å². The van der Waals surface area contributed by atoms with Crippen molar-refractivity contribution in [2.45, 2.75) is 6.54 Å². The minimum absolute atomic E-state index is 0.0932. The van der Waals surface area contributed by atoms with E-state index in [4.69, 9.17) is 23.2 Å². The van der Waals surface area contributed by atoms with Crippen molar-refractivity contribution < 1.29 is 0 Å². The Morgan fingerprint density at radius 2 is 1.81 bits per heavy atom. The number of hydrogen-bond donors (Lipinski definition) is 0. The van der Waals surface area contributed by atoms with Crippen molar-refractivity contribution in [1.82, 2.24) is 4.57 Å². The van der Waals surface area contributed by atoms with Gasteiger partial charge < -0.3 is 4.57 Å². The van der Waals surface area contributed by atoms with Crippen LogP contribution in [0.4, 0.5) is 0 Å². The Bertz CT molecular complexity index is 563. The van der Waals surface area contributed by atoms with Gasteiger partial charge >= 0.3 is 0 Å². The molecule has 0 unspecified atom stereocenters. The van der Waals surface area contributed by atoms with Crippen LogP contribution >= 0.6 is 23.2 Å². The Kier molecular flexibility index (Phi) is 3.32. The number of hydrogen-bond acceptors (Lipinski definition) is 1. The van der Waals surface area contributed by atoms with E-state index in [9.17, 15) is 4.79 Å². The largest absolute Gasteiger partial charge is 0.310 e. The maximum atomic E-state index is 11.5. The van der Waals surface area contributed by atoms with Gasteiger partial charge in [0, 0.05) is 17.3 Å². The zero-order valence-corrected chi connectivity index (χ0v) is 9.87. The lowest BCUT2D eigenvalue weighted by Gasteiger charge is -2.07. The maximum Gasteiger partial charge on any atom is 0.250 e. The fourth-order valence-electron chi connectivity index (χ4n) is 1.44. The molecule has 2 nitrogen and oxygen atoms in total. The third-order valence-electron chi connectivity index (χ3n) is 2.25. The SMILES string of the molecule is O=c1ccc(Cl)cn1Cc1ccccc1Cl. The molecule has 0 aliphatic heterocycles. The Balaban J connectivity index is 2.38. The molecule has 0 bridgehead atoms. The topological polar surface area (TPSA) is 22.0 Å². The van der Waals surface area contributed by atoms with Crippen molar-refractivity contribution in [2.24, 2.45) is 0 Å². The Hall–Kier alpha value is -1.25. The van der Waals surface area contributed by atoms with Gasteiger partial charge in [-0.25, -0.2) is 0 Å². The monoisotopic (exact) mass is 253 g/mol. The quantitative estimate of drug-likeness (QED) is 0.806. The van der Waals surface area contributed by atoms with Crippen LogP contribution in [0.25, 0.3) is 0 Å². The zero-order chi connectivity index (χ0) is 11.5. The maximum absolute atomic E-state index is 11.5. The van der Waals surface area contributed by atoms with E-state index in [0.717, 1.165) is 5.56 Å². The van der Waals surface area contributed by atoms with Gasteiger partial charge in [0.2, 0.25) is 0 Å². The predicted octanol–water partition coefficient (Wildman–Crippen LogP) is 3.20. The van der Waals surface area contributed by atoms with Crippen LogP contribution in [-0.2, 0) is 6.54 Å². The van der Waals surface area contributed by atoms with Crippen molar-refractivity contribution in [3.05, 3.63) is 68.6 Å². The van der Waals surface area contributed by atoms with Crippen molar-refractivity contribution in [1.29, 1.82) is 0 Å². The molecular weight excluding hydrogens is 245 g/mol. The first kappa shape index (κ1) is 11.2. The molecule has 0 aliphatic carbocycles. The molecule has 1 aromatic heterocycles. The average molecular weight is 254 g/mol. The number of aromatic nitrogens is 1. The third-order valence-corrected chi connectivity index (χ3v) is 2.84. The number of benzene rings is 1. The molecule has 0 spiro atoms. The predicted molar refractivity (Wildman–Crippen MR) is 66.3 cm³/mol. The van der Waals surface area contributed by atoms with Gasteiger partial charge in [-0.3, -0.25) is 4.79 Å². The zero-order valence-electron chi connectivity index (χ0n) is 8.36. The minimum Gasteiger partial charge on any atom is -0.310 e. The highest BCUT2D eigenvalue weighted by Gasteiger charge is 2.02. The van der Waals surface area contributed by atoms with E-state index in [1.165, 1.54) is 10.6 Å². The van der Waals surface area contributed by atoms with Gasteiger partial charge in [-0.2, -0.15) is 0 Å². The van der Waals surface area contributed by atoms with Gasteiger partial charge in [0.05, 0.1) is 11.6 Å². The summed E-state index contributed by atoms with van der Waals surface area (Å²) in [6, 6.07) is 10.4. The van der Waals surface area contributed by atoms with Crippen LogP contribution in [0.15, 0.2) is 47.4 Å². The second-order valence-electron chi connectivity index (χ2n) is 3.40. The molecule has 0 saturated heterocycles. The van der Waals surface area contributed by atoms with Crippen LogP contribution in [-0.4, -0.2) is 4.57 Å². The first-order valence-corrected chi connectivity index (χ1v) is 5.52. The van der Waals surface area contributed by atoms with Gasteiger partial charge in [-0.15, -0.1) is 0 Å². The third kappa shape index (κ3) is 2.46. The lowest BCUT2D eigenvalue weighted by molar-refractivity contribution is 0.760. The van der Waals surface area contributed by atoms with E-state index in [1.54, 1.807) is 18.3 Å². The minimum atomic E-state index is -0.0932. The molecule has 0 radical (unpaired) electrons. The molecule has 0 saturated carbocycles. The van der Waals surface area contributed by atoms with Crippen LogP contribution in [0.5, 0.6) is 0 Å². The number of halogens is 2. The standard InChI is InChI=1S/C12H9Cl2NO/c13-10-5-6-12(16)15(8-10)7-9-3-1-2-4-11(9)14/h1-6,8H,7H2. The second kappa shape index (κ2) is 4.73. The first-order chi connectivity index (χ1) is 7.66. The highest BCUT2D eigenvalue weighted by molar-refractivity contribution is 6.31. The number of nitrogens with zero attached hydrogens (tertiary/aromatic N) is 1. The first-order valence-electron chi connectivity index (χ1n) is 4.76. The van der Waals surface area contributed by atoms with E-state index in [1.807, 2.05) is 18.2 Å². The summed E-state index contributed by atoms with van der Waals surface area (Å²) < 4.78 is 1.53. The van der Waals surface area contributed by atoms with Gasteiger partial charge in [0.25, 0.3) is 5.56 Å². The van der Waals surface area contributed by atoms with Crippen LogP contribution < -0.4 is 5.56 Å². The van der Waals surface area contributed by atoms with E-state index in [0.29, 0.717) is 16.6 Å². The lowest BCUT2D eigenvalue weighted by Crippen LogP contribution is -2.18. The second-order valence-corrected chi connectivity index (χ2v) is 4.25. The average Bonchev–Trinajstić information content (AvgIpc) is 2.27. The number of pyridine rings is 1. The summed E-state index contributed by atoms with van der Waals surface area (Å²) in [6.07, 6.45) is 1.60. The molecule has 1 aromatic carbocycles. The fraction of sp³-hybridized carbons (Fsp3) is 0.0833. The van der Waals surface area contributed by atoms with Gasteiger partial charge in [-0.1, -0.05) is 41.4 Å². The summed E-state index contributed by atoms with van der Waals surface area (Å²) in [6.45, 7) is 0.430. The van der Waals surface area contributed by atoms with Crippen molar-refractivity contribution >= 4 is 23.2 Å². The van der Waals surface area contributed by atoms with Crippen LogP contribution in [0.3, 0.4) is 0 Å². The Morgan fingerprint density at radius 1 is 1.06 bits per heavy atom. The summed E-state index contributed by atoms with van der Waals surface area (Å²) >= 11 is 11.8. The summed E-state index contributed by atoms with van der Waals surface area (Å²) in [5.41, 5.74) is 0.804. The van der Waals surface area contributed by atoms with Crippen molar-refractivity contribution in [3.8, 4) is 0 Å². The summed E-state index contributed by atoms with van der Waals surface area (Å²) in [4.78, 5) is 11.5. The van der Waals surface area contributed by atoms with E-state index >= 15 is 0 Å². The van der Waals surface area contributed by atoms with E-state index < -0.39 is 0 Å². The highest BCUT2D eigenvalue weighted by atomic mass is 35.5. The van der Waals surface area contributed by atoms with Gasteiger partial charge in [0.1, 0.15) is 0 Å². The molecule has 0 fully saturated rings. The molecule has 2 rings (SSSR count). The molecule has 0 N–H and O–H groups in total. The summed E-state index contributed by atoms with van der Waals surface area (Å²) in [5, 5.41) is 1.18. The smallest absolute Gasteiger partial charge is 0.250 e. The lowest BCUT2D eigenvalue weighted by atomic mass is 10.2. The van der Waals surface area contributed by atoms with Crippen LogP contribution in [0.2, 0.25) is 10.0 Å². The van der Waals surface area contributed by atoms with Gasteiger partial charge in [-0.05, 0) is 17.7 Å². The summed E-state index contributed by atoms with van der Waals surface area (Å²) in [7, 11) is 0. The van der Waals surface area contributed by atoms with E-state index in [-0.39, 0.29) is 5.56 Å². The molecular formula is C12H9Cl2NO. The molecule has 2 aromatic rings. The molecule has 16 heavy (non-hydrogen) atoms. The fourth-order valence-corrected chi connectivity index (χ4v) is 1.81. The van der Waals surface area contributed by atoms with Crippen LogP contribution in [0, 0.1) is 0 Å². The van der Waals surface area contributed by atoms with Crippen molar-refractivity contribution in [3.63, 3.8) is 0 Å². The van der Waals surface area contributed by atoms with E-state index in [2.05, 4.69) is 0 Å². The molecule has 0 atom stereocenters. The molecule has 0 aliphatic rings. The molecule has 0 amide bonds. The van der Waals surface area contributed by atoms with Crippen molar-refractivity contribution in [2.75, 3.05) is 0 Å². The Morgan fingerprint density at radius 3 is 2.56 bits per heavy atom. The number of rotatable bonds is 2. The van der Waals surface area contributed by atoms with Crippen LogP contribution in [0.1, 0.15) is 5.56 Å². The molecule has 4 heteroatoms. The van der Waals surface area contributed by atoms with Gasteiger partial charge in [0.15, 0.2) is 0 Å². The molecule has 1 heterocycles. The summed E-state index contributed by atoms with van der Waals surface area (Å²) in [5.74, 6) is 0. The normalized spacial score (nSPS) is 10.4. The molecule has 82 valence electrons.